The molecule has 0 aliphatic heterocycles. The lowest BCUT2D eigenvalue weighted by Crippen LogP contribution is -2.14. The SMILES string of the molecule is COc1ccc(C(CNc2ccc(C#N)cn2)c2c[nH]c3ccccc23)cc1. The lowest BCUT2D eigenvalue weighted by atomic mass is 9.91. The molecule has 1 atom stereocenters. The first-order chi connectivity index (χ1) is 13.8. The number of methoxy groups -OCH3 is 1. The molecular weight excluding hydrogens is 348 g/mol. The van der Waals surface area contributed by atoms with E-state index in [1.54, 1.807) is 19.4 Å². The van der Waals surface area contributed by atoms with Gasteiger partial charge in [-0.2, -0.15) is 5.26 Å². The Balaban J connectivity index is 1.67. The Labute approximate surface area is 163 Å². The molecule has 0 spiro atoms. The maximum atomic E-state index is 8.94. The fourth-order valence-electron chi connectivity index (χ4n) is 3.40. The number of ether oxygens (including phenoxy) is 1. The number of hydrogen-bond donors (Lipinski definition) is 2. The van der Waals surface area contributed by atoms with Crippen LogP contribution in [-0.2, 0) is 0 Å². The first-order valence-corrected chi connectivity index (χ1v) is 9.08. The fraction of sp³-hybridized carbons (Fsp3) is 0.130. The number of rotatable bonds is 6. The van der Waals surface area contributed by atoms with Crippen molar-refractivity contribution < 1.29 is 4.74 Å². The van der Waals surface area contributed by atoms with Gasteiger partial charge in [-0.1, -0.05) is 30.3 Å². The molecule has 5 heteroatoms. The monoisotopic (exact) mass is 368 g/mol. The van der Waals surface area contributed by atoms with Gasteiger partial charge in [0.15, 0.2) is 0 Å². The van der Waals surface area contributed by atoms with Crippen molar-refractivity contribution in [2.75, 3.05) is 19.0 Å². The average molecular weight is 368 g/mol. The first-order valence-electron chi connectivity index (χ1n) is 9.08. The molecule has 0 saturated heterocycles. The molecule has 0 aliphatic carbocycles. The zero-order valence-electron chi connectivity index (χ0n) is 15.5. The van der Waals surface area contributed by atoms with Crippen LogP contribution in [0, 0.1) is 11.3 Å². The second-order valence-corrected chi connectivity index (χ2v) is 6.54. The molecule has 0 saturated carbocycles. The molecule has 4 aromatic rings. The molecule has 0 bridgehead atoms. The van der Waals surface area contributed by atoms with Gasteiger partial charge in [0.25, 0.3) is 0 Å². The third-order valence-electron chi connectivity index (χ3n) is 4.89. The molecule has 5 nitrogen and oxygen atoms in total. The van der Waals surface area contributed by atoms with Crippen LogP contribution in [0.3, 0.4) is 0 Å². The second kappa shape index (κ2) is 7.85. The highest BCUT2D eigenvalue weighted by molar-refractivity contribution is 5.84. The summed E-state index contributed by atoms with van der Waals surface area (Å²) in [5.74, 6) is 1.71. The Kier molecular flexibility index (Phi) is 4.94. The number of H-pyrrole nitrogens is 1. The summed E-state index contributed by atoms with van der Waals surface area (Å²) in [7, 11) is 1.67. The minimum atomic E-state index is 0.125. The van der Waals surface area contributed by atoms with E-state index in [1.807, 2.05) is 24.3 Å². The number of aromatic amines is 1. The number of benzene rings is 2. The van der Waals surface area contributed by atoms with Gasteiger partial charge >= 0.3 is 0 Å². The van der Waals surface area contributed by atoms with Gasteiger partial charge in [-0.3, -0.25) is 0 Å². The summed E-state index contributed by atoms with van der Waals surface area (Å²) in [4.78, 5) is 7.69. The maximum Gasteiger partial charge on any atom is 0.125 e. The summed E-state index contributed by atoms with van der Waals surface area (Å²) in [6, 6.07) is 22.2. The average Bonchev–Trinajstić information content (AvgIpc) is 3.19. The van der Waals surface area contributed by atoms with Crippen molar-refractivity contribution in [3.63, 3.8) is 0 Å². The zero-order valence-corrected chi connectivity index (χ0v) is 15.5. The predicted octanol–water partition coefficient (Wildman–Crippen LogP) is 4.69. The lowest BCUT2D eigenvalue weighted by Gasteiger charge is -2.19. The third kappa shape index (κ3) is 3.53. The normalized spacial score (nSPS) is 11.7. The van der Waals surface area contributed by atoms with Gasteiger partial charge in [0.2, 0.25) is 0 Å². The van der Waals surface area contributed by atoms with Gasteiger partial charge in [0.1, 0.15) is 17.6 Å². The highest BCUT2D eigenvalue weighted by atomic mass is 16.5. The third-order valence-corrected chi connectivity index (χ3v) is 4.89. The van der Waals surface area contributed by atoms with Crippen LogP contribution in [0.5, 0.6) is 5.75 Å². The van der Waals surface area contributed by atoms with Crippen molar-refractivity contribution in [3.8, 4) is 11.8 Å². The van der Waals surface area contributed by atoms with Crippen molar-refractivity contribution >= 4 is 16.7 Å². The maximum absolute atomic E-state index is 8.94. The molecule has 0 amide bonds. The van der Waals surface area contributed by atoms with E-state index in [2.05, 4.69) is 57.9 Å². The molecule has 0 radical (unpaired) electrons. The highest BCUT2D eigenvalue weighted by Crippen LogP contribution is 2.32. The van der Waals surface area contributed by atoms with Crippen LogP contribution in [0.15, 0.2) is 73.1 Å². The zero-order chi connectivity index (χ0) is 19.3. The first kappa shape index (κ1) is 17.6. The second-order valence-electron chi connectivity index (χ2n) is 6.54. The van der Waals surface area contributed by atoms with Crippen LogP contribution in [-0.4, -0.2) is 23.6 Å². The minimum absolute atomic E-state index is 0.125. The number of fused-ring (bicyclic) bond motifs is 1. The summed E-state index contributed by atoms with van der Waals surface area (Å²) in [6.45, 7) is 0.674. The van der Waals surface area contributed by atoms with E-state index in [4.69, 9.17) is 10.00 Å². The van der Waals surface area contributed by atoms with Gasteiger partial charge in [0, 0.05) is 35.8 Å². The van der Waals surface area contributed by atoms with E-state index in [9.17, 15) is 0 Å². The van der Waals surface area contributed by atoms with Crippen molar-refractivity contribution in [1.82, 2.24) is 9.97 Å². The number of anilines is 1. The highest BCUT2D eigenvalue weighted by Gasteiger charge is 2.18. The van der Waals surface area contributed by atoms with Crippen LogP contribution in [0.2, 0.25) is 0 Å². The van der Waals surface area contributed by atoms with Crippen LogP contribution in [0.4, 0.5) is 5.82 Å². The molecule has 138 valence electrons. The minimum Gasteiger partial charge on any atom is -0.497 e. The molecule has 1 unspecified atom stereocenters. The Hall–Kier alpha value is -3.78. The van der Waals surface area contributed by atoms with Gasteiger partial charge in [-0.25, -0.2) is 4.98 Å². The molecule has 2 heterocycles. The topological polar surface area (TPSA) is 73.7 Å². The summed E-state index contributed by atoms with van der Waals surface area (Å²) >= 11 is 0. The largest absolute Gasteiger partial charge is 0.497 e. The number of para-hydroxylation sites is 1. The van der Waals surface area contributed by atoms with Crippen LogP contribution < -0.4 is 10.1 Å². The number of aromatic nitrogens is 2. The van der Waals surface area contributed by atoms with Crippen molar-refractivity contribution in [2.45, 2.75) is 5.92 Å². The van der Waals surface area contributed by atoms with E-state index in [0.717, 1.165) is 17.1 Å². The van der Waals surface area contributed by atoms with Crippen LogP contribution in [0.25, 0.3) is 10.9 Å². The number of nitrogens with zero attached hydrogens (tertiary/aromatic N) is 2. The van der Waals surface area contributed by atoms with Crippen molar-refractivity contribution in [3.05, 3.63) is 89.7 Å². The number of hydrogen-bond acceptors (Lipinski definition) is 4. The van der Waals surface area contributed by atoms with Gasteiger partial charge in [-0.05, 0) is 41.5 Å². The predicted molar refractivity (Wildman–Crippen MR) is 111 cm³/mol. The fourth-order valence-corrected chi connectivity index (χ4v) is 3.40. The Morgan fingerprint density at radius 3 is 2.64 bits per heavy atom. The molecule has 2 N–H and O–H groups in total. The number of nitrogens with one attached hydrogen (secondary N) is 2. The molecule has 4 rings (SSSR count). The molecule has 2 aromatic carbocycles. The molecule has 0 aliphatic rings. The van der Waals surface area contributed by atoms with Crippen LogP contribution in [0.1, 0.15) is 22.6 Å². The molecule has 28 heavy (non-hydrogen) atoms. The van der Waals surface area contributed by atoms with E-state index in [1.165, 1.54) is 16.5 Å². The Morgan fingerprint density at radius 2 is 1.93 bits per heavy atom. The Morgan fingerprint density at radius 1 is 1.11 bits per heavy atom. The summed E-state index contributed by atoms with van der Waals surface area (Å²) in [5.41, 5.74) is 4.08. The summed E-state index contributed by atoms with van der Waals surface area (Å²) in [5, 5.41) is 13.6. The quantitative estimate of drug-likeness (QED) is 0.518. The standard InChI is InChI=1S/C23H20N4O/c1-28-18-9-7-17(8-10-18)20(14-27-23-11-6-16(12-24)13-26-23)21-15-25-22-5-3-2-4-19(21)22/h2-11,13,15,20,25H,14H2,1H3,(H,26,27). The number of nitriles is 1. The van der Waals surface area contributed by atoms with Crippen molar-refractivity contribution in [2.24, 2.45) is 0 Å². The molecular formula is C23H20N4O. The van der Waals surface area contributed by atoms with Gasteiger partial charge in [0.05, 0.1) is 12.7 Å². The Bertz CT molecular complexity index is 1110. The van der Waals surface area contributed by atoms with E-state index in [-0.39, 0.29) is 5.92 Å². The number of pyridine rings is 1. The molecule has 2 aromatic heterocycles. The summed E-state index contributed by atoms with van der Waals surface area (Å²) in [6.07, 6.45) is 3.66. The lowest BCUT2D eigenvalue weighted by molar-refractivity contribution is 0.414. The smallest absolute Gasteiger partial charge is 0.125 e. The van der Waals surface area contributed by atoms with Gasteiger partial charge < -0.3 is 15.0 Å². The molecule has 0 fully saturated rings. The van der Waals surface area contributed by atoms with Gasteiger partial charge in [-0.15, -0.1) is 0 Å². The van der Waals surface area contributed by atoms with Crippen molar-refractivity contribution in [1.29, 1.82) is 5.26 Å². The van der Waals surface area contributed by atoms with Crippen LogP contribution >= 0.6 is 0 Å². The van der Waals surface area contributed by atoms with E-state index >= 15 is 0 Å². The van der Waals surface area contributed by atoms with E-state index < -0.39 is 0 Å². The van der Waals surface area contributed by atoms with E-state index in [0.29, 0.717) is 12.1 Å². The summed E-state index contributed by atoms with van der Waals surface area (Å²) < 4.78 is 5.30.